The molecule has 2 N–H and O–H groups in total. The van der Waals surface area contributed by atoms with Gasteiger partial charge in [-0.25, -0.2) is 5.43 Å². The molecule has 0 bridgehead atoms. The molecule has 5 aromatic rings. The van der Waals surface area contributed by atoms with E-state index in [0.717, 1.165) is 53.0 Å². The van der Waals surface area contributed by atoms with Crippen molar-refractivity contribution in [2.75, 3.05) is 28.7 Å². The summed E-state index contributed by atoms with van der Waals surface area (Å²) in [4.78, 5) is 26.3. The molecule has 6 rings (SSSR count). The zero-order valence-corrected chi connectivity index (χ0v) is 20.4. The summed E-state index contributed by atoms with van der Waals surface area (Å²) in [6.45, 7) is 1.73. The third kappa shape index (κ3) is 4.79. The molecular formula is C28H24N8O2. The van der Waals surface area contributed by atoms with Crippen molar-refractivity contribution in [2.45, 2.75) is 12.8 Å². The van der Waals surface area contributed by atoms with Crippen molar-refractivity contribution in [1.29, 1.82) is 0 Å². The molecule has 38 heavy (non-hydrogen) atoms. The van der Waals surface area contributed by atoms with E-state index in [4.69, 9.17) is 0 Å². The topological polar surface area (TPSA) is 121 Å². The van der Waals surface area contributed by atoms with Crippen molar-refractivity contribution in [2.24, 2.45) is 5.10 Å². The Bertz CT molecular complexity index is 1610. The fourth-order valence-corrected chi connectivity index (χ4v) is 4.67. The summed E-state index contributed by atoms with van der Waals surface area (Å²) in [5, 5.41) is 23.1. The maximum absolute atomic E-state index is 11.0. The number of nitrogens with one attached hydrogen (secondary N) is 2. The zero-order chi connectivity index (χ0) is 25.9. The molecule has 4 aromatic carbocycles. The van der Waals surface area contributed by atoms with E-state index < -0.39 is 4.92 Å². The van der Waals surface area contributed by atoms with Gasteiger partial charge in [0, 0.05) is 36.5 Å². The van der Waals surface area contributed by atoms with Gasteiger partial charge in [0.25, 0.3) is 5.69 Å². The second kappa shape index (κ2) is 10.1. The number of nitro groups is 1. The van der Waals surface area contributed by atoms with Crippen LogP contribution in [-0.2, 0) is 0 Å². The molecule has 0 atom stereocenters. The normalized spacial score (nSPS) is 13.4. The van der Waals surface area contributed by atoms with Crippen molar-refractivity contribution in [3.05, 3.63) is 94.5 Å². The lowest BCUT2D eigenvalue weighted by Gasteiger charge is -2.16. The van der Waals surface area contributed by atoms with Gasteiger partial charge in [0.1, 0.15) is 0 Å². The first-order valence-electron chi connectivity index (χ1n) is 12.4. The summed E-state index contributed by atoms with van der Waals surface area (Å²) in [6, 6.07) is 24.7. The highest BCUT2D eigenvalue weighted by Crippen LogP contribution is 2.27. The number of nitro benzene ring substituents is 1. The van der Waals surface area contributed by atoms with Crippen LogP contribution < -0.4 is 15.6 Å². The van der Waals surface area contributed by atoms with Crippen LogP contribution >= 0.6 is 0 Å². The van der Waals surface area contributed by atoms with Crippen molar-refractivity contribution < 1.29 is 4.92 Å². The first-order chi connectivity index (χ1) is 18.6. The monoisotopic (exact) mass is 504 g/mol. The first-order valence-corrected chi connectivity index (χ1v) is 12.4. The third-order valence-corrected chi connectivity index (χ3v) is 6.52. The average molecular weight is 505 g/mol. The molecule has 10 heteroatoms. The molecule has 1 saturated heterocycles. The van der Waals surface area contributed by atoms with Gasteiger partial charge in [0.15, 0.2) is 0 Å². The number of hydrogen-bond acceptors (Lipinski definition) is 9. The second-order valence-corrected chi connectivity index (χ2v) is 9.01. The number of hydrazone groups is 1. The Morgan fingerprint density at radius 2 is 1.47 bits per heavy atom. The zero-order valence-electron chi connectivity index (χ0n) is 20.4. The van der Waals surface area contributed by atoms with Crippen LogP contribution in [0.3, 0.4) is 0 Å². The molecule has 1 fully saturated rings. The quantitative estimate of drug-likeness (QED) is 0.122. The summed E-state index contributed by atoms with van der Waals surface area (Å²) in [5.41, 5.74) is 4.64. The van der Waals surface area contributed by atoms with Crippen LogP contribution in [0, 0.1) is 10.1 Å². The predicted molar refractivity (Wildman–Crippen MR) is 150 cm³/mol. The van der Waals surface area contributed by atoms with Crippen LogP contribution in [-0.4, -0.2) is 39.2 Å². The van der Waals surface area contributed by atoms with Gasteiger partial charge in [-0.3, -0.25) is 10.1 Å². The van der Waals surface area contributed by atoms with E-state index in [1.165, 1.54) is 12.1 Å². The minimum absolute atomic E-state index is 0.0154. The first kappa shape index (κ1) is 23.3. The van der Waals surface area contributed by atoms with Gasteiger partial charge < -0.3 is 10.2 Å². The van der Waals surface area contributed by atoms with Crippen LogP contribution in [0.5, 0.6) is 0 Å². The number of fused-ring (bicyclic) bond motifs is 2. The number of aromatic nitrogens is 3. The Balaban J connectivity index is 1.32. The van der Waals surface area contributed by atoms with E-state index in [2.05, 4.69) is 66.0 Å². The standard InChI is InChI=1S/C28H24N8O2/c37-36(38)22-13-11-21(12-14-22)30-26-31-27(33-28(32-26)35-15-5-6-16-35)34-29-18-25-23-9-3-1-7-19(23)17-20-8-2-4-10-24(20)25/h1-4,7-14,17-18H,5-6,15-16H2,(H2,30,31,32,33,34)/b29-18-. The van der Waals surface area contributed by atoms with E-state index in [0.29, 0.717) is 23.5 Å². The number of benzene rings is 4. The molecular weight excluding hydrogens is 480 g/mol. The lowest BCUT2D eigenvalue weighted by Crippen LogP contribution is -2.21. The molecule has 0 spiro atoms. The number of anilines is 4. The number of rotatable bonds is 7. The largest absolute Gasteiger partial charge is 0.341 e. The highest BCUT2D eigenvalue weighted by Gasteiger charge is 2.18. The van der Waals surface area contributed by atoms with Crippen molar-refractivity contribution in [1.82, 2.24) is 15.0 Å². The van der Waals surface area contributed by atoms with Gasteiger partial charge in [-0.1, -0.05) is 48.5 Å². The second-order valence-electron chi connectivity index (χ2n) is 9.01. The predicted octanol–water partition coefficient (Wildman–Crippen LogP) is 5.88. The lowest BCUT2D eigenvalue weighted by atomic mass is 9.97. The molecule has 0 radical (unpaired) electrons. The Hall–Kier alpha value is -5.12. The lowest BCUT2D eigenvalue weighted by molar-refractivity contribution is -0.384. The Kier molecular flexibility index (Phi) is 6.19. The summed E-state index contributed by atoms with van der Waals surface area (Å²) >= 11 is 0. The maximum Gasteiger partial charge on any atom is 0.269 e. The number of nitrogens with zero attached hydrogens (tertiary/aromatic N) is 6. The van der Waals surface area contributed by atoms with Gasteiger partial charge >= 0.3 is 0 Å². The molecule has 0 unspecified atom stereocenters. The molecule has 188 valence electrons. The fraction of sp³-hybridized carbons (Fsp3) is 0.143. The minimum atomic E-state index is -0.433. The van der Waals surface area contributed by atoms with Crippen molar-refractivity contribution in [3.63, 3.8) is 0 Å². The number of non-ortho nitro benzene ring substituents is 1. The molecule has 1 aliphatic heterocycles. The molecule has 0 saturated carbocycles. The van der Waals surface area contributed by atoms with E-state index >= 15 is 0 Å². The van der Waals surface area contributed by atoms with Crippen LogP contribution in [0.2, 0.25) is 0 Å². The molecule has 2 heterocycles. The minimum Gasteiger partial charge on any atom is -0.341 e. The Morgan fingerprint density at radius 1 is 0.842 bits per heavy atom. The highest BCUT2D eigenvalue weighted by atomic mass is 16.6. The smallest absolute Gasteiger partial charge is 0.269 e. The average Bonchev–Trinajstić information content (AvgIpc) is 3.48. The summed E-state index contributed by atoms with van der Waals surface area (Å²) in [6.07, 6.45) is 3.95. The Labute approximate surface area is 218 Å². The highest BCUT2D eigenvalue weighted by molar-refractivity contribution is 6.13. The van der Waals surface area contributed by atoms with Gasteiger partial charge in [0.05, 0.1) is 11.1 Å². The maximum atomic E-state index is 11.0. The molecule has 1 aromatic heterocycles. The molecule has 1 aliphatic rings. The fourth-order valence-electron chi connectivity index (χ4n) is 4.67. The molecule has 0 amide bonds. The Morgan fingerprint density at radius 3 is 2.13 bits per heavy atom. The molecule has 10 nitrogen and oxygen atoms in total. The van der Waals surface area contributed by atoms with Crippen molar-refractivity contribution >= 4 is 57.0 Å². The van der Waals surface area contributed by atoms with Gasteiger partial charge in [-0.2, -0.15) is 20.1 Å². The molecule has 0 aliphatic carbocycles. The SMILES string of the molecule is O=[N+]([O-])c1ccc(Nc2nc(N/N=C\c3c4ccccc4cc4ccccc34)nc(N3CCCC3)n2)cc1. The van der Waals surface area contributed by atoms with E-state index in [9.17, 15) is 10.1 Å². The van der Waals surface area contributed by atoms with Crippen LogP contribution in [0.1, 0.15) is 18.4 Å². The van der Waals surface area contributed by atoms with E-state index in [1.54, 1.807) is 18.3 Å². The number of hydrogen-bond donors (Lipinski definition) is 2. The van der Waals surface area contributed by atoms with Crippen LogP contribution in [0.25, 0.3) is 21.5 Å². The summed E-state index contributed by atoms with van der Waals surface area (Å²) in [5.74, 6) is 1.17. The summed E-state index contributed by atoms with van der Waals surface area (Å²) in [7, 11) is 0. The van der Waals surface area contributed by atoms with E-state index in [-0.39, 0.29) is 5.69 Å². The third-order valence-electron chi connectivity index (χ3n) is 6.52. The van der Waals surface area contributed by atoms with Gasteiger partial charge in [-0.05, 0) is 52.6 Å². The van der Waals surface area contributed by atoms with E-state index in [1.807, 2.05) is 24.3 Å². The summed E-state index contributed by atoms with van der Waals surface area (Å²) < 4.78 is 0. The van der Waals surface area contributed by atoms with Crippen molar-refractivity contribution in [3.8, 4) is 0 Å². The van der Waals surface area contributed by atoms with Gasteiger partial charge in [-0.15, -0.1) is 0 Å². The van der Waals surface area contributed by atoms with Gasteiger partial charge in [0.2, 0.25) is 17.8 Å². The van der Waals surface area contributed by atoms with Crippen LogP contribution in [0.4, 0.5) is 29.2 Å². The van der Waals surface area contributed by atoms with Crippen LogP contribution in [0.15, 0.2) is 84.0 Å².